The molecule has 1 aliphatic rings. The first-order valence-corrected chi connectivity index (χ1v) is 5.64. The van der Waals surface area contributed by atoms with Gasteiger partial charge in [-0.3, -0.25) is 0 Å². The van der Waals surface area contributed by atoms with E-state index in [-0.39, 0.29) is 0 Å². The number of thiophene rings is 1. The summed E-state index contributed by atoms with van der Waals surface area (Å²) in [6, 6.07) is 4.06. The van der Waals surface area contributed by atoms with Gasteiger partial charge in [0, 0.05) is 5.56 Å². The molecule has 2 aromatic rings. The van der Waals surface area contributed by atoms with Crippen LogP contribution in [0.5, 0.6) is 0 Å². The summed E-state index contributed by atoms with van der Waals surface area (Å²) >= 11 is 1.67. The quantitative estimate of drug-likeness (QED) is 0.774. The summed E-state index contributed by atoms with van der Waals surface area (Å²) in [5, 5.41) is 7.69. The molecule has 3 rings (SSSR count). The van der Waals surface area contributed by atoms with Crippen LogP contribution in [0.1, 0.15) is 17.7 Å². The second-order valence-corrected chi connectivity index (χ2v) is 4.45. The van der Waals surface area contributed by atoms with Gasteiger partial charge in [-0.05, 0) is 36.8 Å². The number of fused-ring (bicyclic) bond motifs is 1. The third kappa shape index (κ3) is 1.00. The van der Waals surface area contributed by atoms with E-state index in [9.17, 15) is 0 Å². The van der Waals surface area contributed by atoms with E-state index in [4.69, 9.17) is 5.73 Å². The number of anilines is 1. The highest BCUT2D eigenvalue weighted by molar-refractivity contribution is 7.12. The number of aromatic nitrogens is 2. The molecule has 14 heavy (non-hydrogen) atoms. The summed E-state index contributed by atoms with van der Waals surface area (Å²) in [6.07, 6.45) is 3.37. The Bertz CT molecular complexity index is 456. The largest absolute Gasteiger partial charge is 0.383 e. The molecule has 72 valence electrons. The Balaban J connectivity index is 2.17. The maximum atomic E-state index is 6.05. The van der Waals surface area contributed by atoms with Crippen molar-refractivity contribution in [3.8, 4) is 5.00 Å². The highest BCUT2D eigenvalue weighted by Crippen LogP contribution is 2.29. The molecule has 0 saturated heterocycles. The third-order valence-corrected chi connectivity index (χ3v) is 3.51. The lowest BCUT2D eigenvalue weighted by atomic mass is 10.3. The molecule has 1 aliphatic carbocycles. The molecule has 0 fully saturated rings. The van der Waals surface area contributed by atoms with Gasteiger partial charge >= 0.3 is 0 Å². The minimum atomic E-state index is 0.833. The topological polar surface area (TPSA) is 43.8 Å². The number of hydrogen-bond acceptors (Lipinski definition) is 3. The Morgan fingerprint density at radius 1 is 1.43 bits per heavy atom. The number of nitrogens with two attached hydrogens (primary N) is 1. The lowest BCUT2D eigenvalue weighted by Gasteiger charge is -2.00. The molecule has 0 bridgehead atoms. The number of nitrogens with zero attached hydrogens (tertiary/aromatic N) is 2. The van der Waals surface area contributed by atoms with Gasteiger partial charge in [-0.15, -0.1) is 11.3 Å². The van der Waals surface area contributed by atoms with Gasteiger partial charge in [-0.2, -0.15) is 5.10 Å². The molecule has 0 saturated carbocycles. The minimum Gasteiger partial charge on any atom is -0.383 e. The van der Waals surface area contributed by atoms with Crippen LogP contribution < -0.4 is 5.73 Å². The van der Waals surface area contributed by atoms with E-state index in [0.717, 1.165) is 23.7 Å². The maximum absolute atomic E-state index is 6.05. The van der Waals surface area contributed by atoms with Crippen molar-refractivity contribution in [1.82, 2.24) is 9.78 Å². The van der Waals surface area contributed by atoms with Gasteiger partial charge in [0.2, 0.25) is 0 Å². The zero-order valence-corrected chi connectivity index (χ0v) is 8.55. The molecule has 4 heteroatoms. The van der Waals surface area contributed by atoms with E-state index in [2.05, 4.69) is 5.10 Å². The highest BCUT2D eigenvalue weighted by Gasteiger charge is 2.20. The van der Waals surface area contributed by atoms with Crippen molar-refractivity contribution in [3.63, 3.8) is 0 Å². The SMILES string of the molecule is Nc1c2c(nn1-c1cccs1)CCC2. The van der Waals surface area contributed by atoms with Gasteiger partial charge in [0.1, 0.15) is 10.8 Å². The normalized spacial score (nSPS) is 14.6. The predicted molar refractivity (Wildman–Crippen MR) is 57.9 cm³/mol. The summed E-state index contributed by atoms with van der Waals surface area (Å²) in [5.41, 5.74) is 8.51. The smallest absolute Gasteiger partial charge is 0.131 e. The molecular formula is C10H11N3S. The zero-order valence-electron chi connectivity index (χ0n) is 7.73. The lowest BCUT2D eigenvalue weighted by molar-refractivity contribution is 0.816. The number of rotatable bonds is 1. The fourth-order valence-electron chi connectivity index (χ4n) is 1.97. The zero-order chi connectivity index (χ0) is 9.54. The Morgan fingerprint density at radius 2 is 2.36 bits per heavy atom. The van der Waals surface area contributed by atoms with Gasteiger partial charge in [-0.25, -0.2) is 4.68 Å². The molecule has 0 atom stereocenters. The first-order chi connectivity index (χ1) is 6.86. The standard InChI is InChI=1S/C10H11N3S/c11-10-7-3-1-4-8(7)12-13(10)9-5-2-6-14-9/h2,5-6H,1,3-4,11H2. The Morgan fingerprint density at radius 3 is 3.07 bits per heavy atom. The van der Waals surface area contributed by atoms with Crippen LogP contribution in [-0.2, 0) is 12.8 Å². The molecule has 0 spiro atoms. The van der Waals surface area contributed by atoms with Gasteiger partial charge < -0.3 is 5.73 Å². The molecule has 2 heterocycles. The first-order valence-electron chi connectivity index (χ1n) is 4.76. The molecule has 3 nitrogen and oxygen atoms in total. The van der Waals surface area contributed by atoms with Crippen LogP contribution in [0.3, 0.4) is 0 Å². The maximum Gasteiger partial charge on any atom is 0.131 e. The Kier molecular flexibility index (Phi) is 1.64. The minimum absolute atomic E-state index is 0.833. The van der Waals surface area contributed by atoms with Crippen LogP contribution in [0.2, 0.25) is 0 Å². The highest BCUT2D eigenvalue weighted by atomic mass is 32.1. The summed E-state index contributed by atoms with van der Waals surface area (Å²) in [4.78, 5) is 0. The predicted octanol–water partition coefficient (Wildman–Crippen LogP) is 2.00. The van der Waals surface area contributed by atoms with Crippen LogP contribution in [0.15, 0.2) is 17.5 Å². The van der Waals surface area contributed by atoms with Crippen LogP contribution in [0.25, 0.3) is 5.00 Å². The summed E-state index contributed by atoms with van der Waals surface area (Å²) in [5.74, 6) is 0.833. The van der Waals surface area contributed by atoms with E-state index < -0.39 is 0 Å². The van der Waals surface area contributed by atoms with Crippen LogP contribution in [0, 0.1) is 0 Å². The van der Waals surface area contributed by atoms with E-state index in [1.165, 1.54) is 17.7 Å². The van der Waals surface area contributed by atoms with Gasteiger partial charge in [-0.1, -0.05) is 0 Å². The molecular weight excluding hydrogens is 194 g/mol. The second-order valence-electron chi connectivity index (χ2n) is 3.53. The molecule has 2 N–H and O–H groups in total. The van der Waals surface area contributed by atoms with E-state index in [1.54, 1.807) is 11.3 Å². The summed E-state index contributed by atoms with van der Waals surface area (Å²) in [7, 11) is 0. The van der Waals surface area contributed by atoms with E-state index >= 15 is 0 Å². The second kappa shape index (κ2) is 2.85. The molecule has 0 aliphatic heterocycles. The van der Waals surface area contributed by atoms with E-state index in [1.807, 2.05) is 22.2 Å². The third-order valence-electron chi connectivity index (χ3n) is 2.66. The first kappa shape index (κ1) is 8.05. The van der Waals surface area contributed by atoms with Gasteiger partial charge in [0.05, 0.1) is 5.69 Å². The van der Waals surface area contributed by atoms with Crippen LogP contribution in [0.4, 0.5) is 5.82 Å². The molecule has 0 aromatic carbocycles. The average Bonchev–Trinajstić information content (AvgIpc) is 2.84. The van der Waals surface area contributed by atoms with Crippen LogP contribution in [-0.4, -0.2) is 9.78 Å². The lowest BCUT2D eigenvalue weighted by Crippen LogP contribution is -2.01. The fourth-order valence-corrected chi connectivity index (χ4v) is 2.67. The monoisotopic (exact) mass is 205 g/mol. The van der Waals surface area contributed by atoms with Crippen molar-refractivity contribution in [1.29, 1.82) is 0 Å². The number of aryl methyl sites for hydroxylation is 1. The van der Waals surface area contributed by atoms with Crippen LogP contribution >= 0.6 is 11.3 Å². The van der Waals surface area contributed by atoms with E-state index in [0.29, 0.717) is 0 Å². The Hall–Kier alpha value is -1.29. The summed E-state index contributed by atoms with van der Waals surface area (Å²) < 4.78 is 1.87. The van der Waals surface area contributed by atoms with Crippen molar-refractivity contribution in [2.24, 2.45) is 0 Å². The summed E-state index contributed by atoms with van der Waals surface area (Å²) in [6.45, 7) is 0. The fraction of sp³-hybridized carbons (Fsp3) is 0.300. The van der Waals surface area contributed by atoms with Crippen molar-refractivity contribution < 1.29 is 0 Å². The molecule has 0 radical (unpaired) electrons. The number of hydrogen-bond donors (Lipinski definition) is 1. The Labute approximate surface area is 86.2 Å². The van der Waals surface area contributed by atoms with Crippen molar-refractivity contribution >= 4 is 17.2 Å². The number of nitrogen functional groups attached to an aromatic ring is 1. The molecule has 0 amide bonds. The average molecular weight is 205 g/mol. The van der Waals surface area contributed by atoms with Crippen molar-refractivity contribution in [3.05, 3.63) is 28.8 Å². The van der Waals surface area contributed by atoms with Crippen molar-refractivity contribution in [2.45, 2.75) is 19.3 Å². The molecule has 0 unspecified atom stereocenters. The van der Waals surface area contributed by atoms with Crippen molar-refractivity contribution in [2.75, 3.05) is 5.73 Å². The molecule has 2 aromatic heterocycles. The van der Waals surface area contributed by atoms with Gasteiger partial charge in [0.15, 0.2) is 0 Å². The van der Waals surface area contributed by atoms with Gasteiger partial charge in [0.25, 0.3) is 0 Å².